The molecule has 0 amide bonds. The van der Waals surface area contributed by atoms with Crippen LogP contribution in [-0.4, -0.2) is 4.57 Å². The normalized spacial score (nSPS) is 11.7. The minimum atomic E-state index is 0.879. The second-order valence-corrected chi connectivity index (χ2v) is 18.3. The molecule has 0 fully saturated rings. The van der Waals surface area contributed by atoms with Crippen LogP contribution in [0.15, 0.2) is 265 Å². The van der Waals surface area contributed by atoms with Crippen LogP contribution in [0, 0.1) is 0 Å². The number of furan rings is 1. The zero-order valence-electron chi connectivity index (χ0n) is 38.2. The van der Waals surface area contributed by atoms with Crippen molar-refractivity contribution in [1.29, 1.82) is 0 Å². The van der Waals surface area contributed by atoms with Crippen LogP contribution in [-0.2, 0) is 0 Å². The summed E-state index contributed by atoms with van der Waals surface area (Å²) in [4.78, 5) is 0. The first kappa shape index (κ1) is 39.9. The van der Waals surface area contributed by atoms with Gasteiger partial charge < -0.3 is 8.98 Å². The van der Waals surface area contributed by atoms with Crippen molar-refractivity contribution in [3.8, 4) is 72.4 Å². The third-order valence-electron chi connectivity index (χ3n) is 14.3. The first-order valence-electron chi connectivity index (χ1n) is 24.1. The summed E-state index contributed by atoms with van der Waals surface area (Å²) in [6, 6.07) is 94.9. The molecule has 0 atom stereocenters. The van der Waals surface area contributed by atoms with E-state index in [-0.39, 0.29) is 0 Å². The fourth-order valence-electron chi connectivity index (χ4n) is 11.2. The zero-order valence-corrected chi connectivity index (χ0v) is 38.2. The summed E-state index contributed by atoms with van der Waals surface area (Å²) >= 11 is 0. The predicted molar refractivity (Wildman–Crippen MR) is 296 cm³/mol. The lowest BCUT2D eigenvalue weighted by molar-refractivity contribution is 0.671. The maximum atomic E-state index is 7.23. The smallest absolute Gasteiger partial charge is 0.143 e. The van der Waals surface area contributed by atoms with E-state index in [4.69, 9.17) is 4.42 Å². The van der Waals surface area contributed by atoms with E-state index in [1.54, 1.807) is 0 Å². The minimum Gasteiger partial charge on any atom is -0.455 e. The van der Waals surface area contributed by atoms with Crippen molar-refractivity contribution in [3.63, 3.8) is 0 Å². The first-order valence-corrected chi connectivity index (χ1v) is 24.1. The highest BCUT2D eigenvalue weighted by atomic mass is 16.3. The Morgan fingerprint density at radius 3 is 1.20 bits per heavy atom. The summed E-state index contributed by atoms with van der Waals surface area (Å²) in [5.74, 6) is 0. The van der Waals surface area contributed by atoms with Gasteiger partial charge >= 0.3 is 0 Å². The number of benzene rings is 12. The van der Waals surface area contributed by atoms with Crippen molar-refractivity contribution in [3.05, 3.63) is 261 Å². The largest absolute Gasteiger partial charge is 0.455 e. The molecule has 0 saturated carbocycles. The summed E-state index contributed by atoms with van der Waals surface area (Å²) < 4.78 is 9.69. The van der Waals surface area contributed by atoms with E-state index < -0.39 is 0 Å². The van der Waals surface area contributed by atoms with Crippen LogP contribution in [0.2, 0.25) is 0 Å². The van der Waals surface area contributed by atoms with Crippen molar-refractivity contribution in [2.75, 3.05) is 0 Å². The lowest BCUT2D eigenvalue weighted by Gasteiger charge is -2.19. The molecular formula is C68H43NO. The van der Waals surface area contributed by atoms with Crippen molar-refractivity contribution in [2.45, 2.75) is 0 Å². The number of hydrogen-bond acceptors (Lipinski definition) is 1. The zero-order chi connectivity index (χ0) is 46.1. The molecule has 14 aromatic rings. The molecule has 326 valence electrons. The van der Waals surface area contributed by atoms with Gasteiger partial charge in [-0.2, -0.15) is 0 Å². The Kier molecular flexibility index (Phi) is 9.25. The SMILES string of the molecule is c1ccc(-c2cc(-c3ccccc3)c3oc4c(-c5ccc6c(c5)c5ccccc5n6-c5ccc6c(-c7ccccc7)c7ccccc7c(-c7ccccc7)c6c5)cc(-c5ccccc5)cc4c3c2)cc1. The second-order valence-electron chi connectivity index (χ2n) is 18.3. The lowest BCUT2D eigenvalue weighted by atomic mass is 9.86. The molecule has 70 heavy (non-hydrogen) atoms. The van der Waals surface area contributed by atoms with Gasteiger partial charge in [0, 0.05) is 38.4 Å². The molecule has 0 aliphatic carbocycles. The van der Waals surface area contributed by atoms with Gasteiger partial charge in [-0.15, -0.1) is 0 Å². The standard InChI is InChI=1S/C68H43NO/c1-6-20-44(21-7-1)50-39-57(46-24-10-3-11-25-46)67-61(41-50)62-42-51(45-22-8-2-9-23-45)40-58(68(62)70-67)49-34-37-64-59(38-49)53-30-18-19-33-63(53)69(64)52-35-36-56-60(43-52)66(48-28-14-5-15-29-48)55-32-17-16-31-54(55)65(56)47-26-12-4-13-27-47/h1-43H. The first-order chi connectivity index (χ1) is 34.7. The second kappa shape index (κ2) is 16.2. The molecule has 2 heterocycles. The van der Waals surface area contributed by atoms with E-state index in [2.05, 4.69) is 265 Å². The molecule has 12 aromatic carbocycles. The van der Waals surface area contributed by atoms with Crippen molar-refractivity contribution >= 4 is 65.3 Å². The number of aromatic nitrogens is 1. The molecule has 0 bridgehead atoms. The maximum absolute atomic E-state index is 7.23. The van der Waals surface area contributed by atoms with Gasteiger partial charge in [0.1, 0.15) is 11.2 Å². The third-order valence-corrected chi connectivity index (χ3v) is 14.3. The summed E-state index contributed by atoms with van der Waals surface area (Å²) in [6.45, 7) is 0. The molecule has 0 N–H and O–H groups in total. The lowest BCUT2D eigenvalue weighted by Crippen LogP contribution is -1.96. The van der Waals surface area contributed by atoms with Gasteiger partial charge in [0.15, 0.2) is 0 Å². The quantitative estimate of drug-likeness (QED) is 0.146. The fourth-order valence-corrected chi connectivity index (χ4v) is 11.2. The molecule has 14 rings (SSSR count). The van der Waals surface area contributed by atoms with E-state index in [1.165, 1.54) is 60.1 Å². The Balaban J connectivity index is 1.02. The van der Waals surface area contributed by atoms with E-state index in [9.17, 15) is 0 Å². The van der Waals surface area contributed by atoms with Crippen LogP contribution in [0.3, 0.4) is 0 Å². The molecule has 2 nitrogen and oxygen atoms in total. The molecule has 0 aliphatic heterocycles. The number of nitrogens with zero attached hydrogens (tertiary/aromatic N) is 1. The number of para-hydroxylation sites is 1. The monoisotopic (exact) mass is 889 g/mol. The Morgan fingerprint density at radius 2 is 0.643 bits per heavy atom. The Hall–Kier alpha value is -9.24. The molecule has 2 heteroatoms. The van der Waals surface area contributed by atoms with Crippen LogP contribution in [0.25, 0.3) is 138 Å². The van der Waals surface area contributed by atoms with Crippen molar-refractivity contribution < 1.29 is 4.42 Å². The molecule has 0 spiro atoms. The number of fused-ring (bicyclic) bond motifs is 8. The minimum absolute atomic E-state index is 0.879. The van der Waals surface area contributed by atoms with Gasteiger partial charge in [-0.3, -0.25) is 0 Å². The van der Waals surface area contributed by atoms with Gasteiger partial charge in [-0.05, 0) is 132 Å². The number of rotatable bonds is 7. The average molecular weight is 890 g/mol. The molecule has 2 aromatic heterocycles. The Bertz CT molecular complexity index is 4300. The van der Waals surface area contributed by atoms with Crippen LogP contribution in [0.1, 0.15) is 0 Å². The van der Waals surface area contributed by atoms with E-state index in [0.717, 1.165) is 77.6 Å². The topological polar surface area (TPSA) is 18.1 Å². The van der Waals surface area contributed by atoms with Crippen molar-refractivity contribution in [2.24, 2.45) is 0 Å². The van der Waals surface area contributed by atoms with Gasteiger partial charge in [0.2, 0.25) is 0 Å². The van der Waals surface area contributed by atoms with E-state index in [0.29, 0.717) is 0 Å². The highest BCUT2D eigenvalue weighted by molar-refractivity contribution is 6.22. The Labute approximate surface area is 405 Å². The molecule has 0 saturated heterocycles. The molecule has 0 aliphatic rings. The highest BCUT2D eigenvalue weighted by Crippen LogP contribution is 2.48. The van der Waals surface area contributed by atoms with E-state index >= 15 is 0 Å². The van der Waals surface area contributed by atoms with Crippen LogP contribution < -0.4 is 0 Å². The summed E-state index contributed by atoms with van der Waals surface area (Å²) in [5.41, 5.74) is 19.1. The van der Waals surface area contributed by atoms with Crippen LogP contribution in [0.4, 0.5) is 0 Å². The maximum Gasteiger partial charge on any atom is 0.143 e. The summed E-state index contributed by atoms with van der Waals surface area (Å²) in [6.07, 6.45) is 0. The van der Waals surface area contributed by atoms with Gasteiger partial charge in [0.25, 0.3) is 0 Å². The predicted octanol–water partition coefficient (Wildman–Crippen LogP) is 19.0. The number of hydrogen-bond donors (Lipinski definition) is 0. The fraction of sp³-hybridized carbons (Fsp3) is 0. The summed E-state index contributed by atoms with van der Waals surface area (Å²) in [5, 5.41) is 9.52. The van der Waals surface area contributed by atoms with Gasteiger partial charge in [-0.25, -0.2) is 0 Å². The molecule has 0 unspecified atom stereocenters. The van der Waals surface area contributed by atoms with Crippen molar-refractivity contribution in [1.82, 2.24) is 4.57 Å². The molecular weight excluding hydrogens is 847 g/mol. The summed E-state index contributed by atoms with van der Waals surface area (Å²) in [7, 11) is 0. The van der Waals surface area contributed by atoms with Gasteiger partial charge in [0.05, 0.1) is 11.0 Å². The van der Waals surface area contributed by atoms with E-state index in [1.807, 2.05) is 0 Å². The van der Waals surface area contributed by atoms with Crippen LogP contribution in [0.5, 0.6) is 0 Å². The third kappa shape index (κ3) is 6.42. The average Bonchev–Trinajstić information content (AvgIpc) is 3.98. The molecule has 0 radical (unpaired) electrons. The van der Waals surface area contributed by atoms with Gasteiger partial charge in [-0.1, -0.05) is 206 Å². The Morgan fingerprint density at radius 1 is 0.229 bits per heavy atom. The van der Waals surface area contributed by atoms with Crippen LogP contribution >= 0.6 is 0 Å². The highest BCUT2D eigenvalue weighted by Gasteiger charge is 2.23.